The van der Waals surface area contributed by atoms with Gasteiger partial charge in [0.15, 0.2) is 0 Å². The fourth-order valence-electron chi connectivity index (χ4n) is 3.33. The van der Waals surface area contributed by atoms with Crippen molar-refractivity contribution in [3.63, 3.8) is 0 Å². The molecule has 1 saturated carbocycles. The van der Waals surface area contributed by atoms with E-state index in [0.717, 1.165) is 0 Å². The Morgan fingerprint density at radius 3 is 2.44 bits per heavy atom. The molecule has 0 spiro atoms. The molecule has 1 aliphatic carbocycles. The lowest BCUT2D eigenvalue weighted by molar-refractivity contribution is -0.132. The molecule has 0 radical (unpaired) electrons. The first-order valence-electron chi connectivity index (χ1n) is 8.89. The third kappa shape index (κ3) is 6.16. The van der Waals surface area contributed by atoms with E-state index < -0.39 is 35.6 Å². The highest BCUT2D eigenvalue weighted by atomic mass is 19.1. The van der Waals surface area contributed by atoms with Gasteiger partial charge in [0.2, 0.25) is 17.7 Å². The molecule has 1 aromatic carbocycles. The number of amides is 3. The number of nitrogens with two attached hydrogens (primary N) is 1. The molecule has 146 valence electrons. The van der Waals surface area contributed by atoms with Gasteiger partial charge in [0.25, 0.3) is 0 Å². The third-order valence-corrected chi connectivity index (χ3v) is 4.64. The SMILES string of the molecule is CC(=O)N[C@H](Cc1ccc(F)cc1)C(=O)N[C@@H](C(N)=O)[C@@H]1CCCC(=O)C1. The van der Waals surface area contributed by atoms with E-state index >= 15 is 0 Å². The van der Waals surface area contributed by atoms with E-state index in [2.05, 4.69) is 10.6 Å². The summed E-state index contributed by atoms with van der Waals surface area (Å²) in [5, 5.41) is 5.12. The van der Waals surface area contributed by atoms with Crippen LogP contribution in [0.25, 0.3) is 0 Å². The van der Waals surface area contributed by atoms with E-state index in [-0.39, 0.29) is 24.5 Å². The average Bonchev–Trinajstić information content (AvgIpc) is 2.60. The molecule has 1 aromatic rings. The van der Waals surface area contributed by atoms with E-state index in [4.69, 9.17) is 5.73 Å². The summed E-state index contributed by atoms with van der Waals surface area (Å²) in [7, 11) is 0. The van der Waals surface area contributed by atoms with Gasteiger partial charge in [0, 0.05) is 26.2 Å². The van der Waals surface area contributed by atoms with Crippen LogP contribution in [0.1, 0.15) is 38.2 Å². The van der Waals surface area contributed by atoms with Crippen LogP contribution in [-0.4, -0.2) is 35.6 Å². The van der Waals surface area contributed by atoms with Crippen LogP contribution >= 0.6 is 0 Å². The molecular formula is C19H24FN3O4. The number of primary amides is 1. The zero-order valence-electron chi connectivity index (χ0n) is 15.2. The van der Waals surface area contributed by atoms with Crippen molar-refractivity contribution in [2.75, 3.05) is 0 Å². The molecule has 1 fully saturated rings. The van der Waals surface area contributed by atoms with E-state index in [9.17, 15) is 23.6 Å². The highest BCUT2D eigenvalue weighted by molar-refractivity contribution is 5.92. The fourth-order valence-corrected chi connectivity index (χ4v) is 3.33. The minimum Gasteiger partial charge on any atom is -0.368 e. The number of carbonyl (C=O) groups is 4. The Morgan fingerprint density at radius 2 is 1.89 bits per heavy atom. The first kappa shape index (κ1) is 20.5. The van der Waals surface area contributed by atoms with Crippen molar-refractivity contribution in [1.29, 1.82) is 0 Å². The molecule has 0 aliphatic heterocycles. The van der Waals surface area contributed by atoms with Crippen molar-refractivity contribution in [3.05, 3.63) is 35.6 Å². The van der Waals surface area contributed by atoms with Gasteiger partial charge in [-0.2, -0.15) is 0 Å². The standard InChI is InChI=1S/C19H24FN3O4/c1-11(24)22-16(9-12-5-7-14(20)8-6-12)19(27)23-17(18(21)26)13-3-2-4-15(25)10-13/h5-8,13,16-17H,2-4,9-10H2,1H3,(H2,21,26)(H,22,24)(H,23,27)/t13-,16-,17-/m1/s1. The number of nitrogens with one attached hydrogen (secondary N) is 2. The van der Waals surface area contributed by atoms with Crippen LogP contribution in [0.3, 0.4) is 0 Å². The second-order valence-corrected chi connectivity index (χ2v) is 6.87. The second-order valence-electron chi connectivity index (χ2n) is 6.87. The van der Waals surface area contributed by atoms with Gasteiger partial charge < -0.3 is 16.4 Å². The van der Waals surface area contributed by atoms with Crippen LogP contribution in [0.5, 0.6) is 0 Å². The first-order valence-corrected chi connectivity index (χ1v) is 8.89. The predicted molar refractivity (Wildman–Crippen MR) is 95.8 cm³/mol. The normalized spacial score (nSPS) is 19.0. The lowest BCUT2D eigenvalue weighted by Gasteiger charge is -2.29. The van der Waals surface area contributed by atoms with Gasteiger partial charge in [-0.3, -0.25) is 19.2 Å². The Bertz CT molecular complexity index is 720. The largest absolute Gasteiger partial charge is 0.368 e. The molecule has 1 aliphatic rings. The zero-order chi connectivity index (χ0) is 20.0. The summed E-state index contributed by atoms with van der Waals surface area (Å²) in [5.41, 5.74) is 6.08. The summed E-state index contributed by atoms with van der Waals surface area (Å²) in [6.45, 7) is 1.27. The van der Waals surface area contributed by atoms with Crippen LogP contribution in [-0.2, 0) is 25.6 Å². The quantitative estimate of drug-likeness (QED) is 0.645. The maximum atomic E-state index is 13.1. The molecule has 3 amide bonds. The molecule has 0 bridgehead atoms. The van der Waals surface area contributed by atoms with E-state index in [1.54, 1.807) is 0 Å². The maximum Gasteiger partial charge on any atom is 0.243 e. The van der Waals surface area contributed by atoms with Gasteiger partial charge in [0.05, 0.1) is 0 Å². The molecule has 0 unspecified atom stereocenters. The molecule has 7 nitrogen and oxygen atoms in total. The lowest BCUT2D eigenvalue weighted by atomic mass is 9.82. The Hall–Kier alpha value is -2.77. The van der Waals surface area contributed by atoms with Crippen molar-refractivity contribution in [1.82, 2.24) is 10.6 Å². The van der Waals surface area contributed by atoms with Gasteiger partial charge in [0.1, 0.15) is 23.7 Å². The second kappa shape index (κ2) is 9.25. The number of benzene rings is 1. The summed E-state index contributed by atoms with van der Waals surface area (Å²) >= 11 is 0. The summed E-state index contributed by atoms with van der Waals surface area (Å²) in [6, 6.07) is 3.63. The molecule has 0 heterocycles. The van der Waals surface area contributed by atoms with Crippen LogP contribution in [0.15, 0.2) is 24.3 Å². The van der Waals surface area contributed by atoms with Gasteiger partial charge >= 0.3 is 0 Å². The number of hydrogen-bond acceptors (Lipinski definition) is 4. The van der Waals surface area contributed by atoms with Crippen LogP contribution in [0.2, 0.25) is 0 Å². The summed E-state index contributed by atoms with van der Waals surface area (Å²) < 4.78 is 13.1. The van der Waals surface area contributed by atoms with Gasteiger partial charge in [-0.25, -0.2) is 4.39 Å². The molecule has 0 aromatic heterocycles. The van der Waals surface area contributed by atoms with E-state index in [1.165, 1.54) is 31.2 Å². The summed E-state index contributed by atoms with van der Waals surface area (Å²) in [4.78, 5) is 47.7. The molecule has 0 saturated heterocycles. The molecule has 4 N–H and O–H groups in total. The number of halogens is 1. The highest BCUT2D eigenvalue weighted by Gasteiger charge is 2.33. The van der Waals surface area contributed by atoms with Crippen molar-refractivity contribution >= 4 is 23.5 Å². The topological polar surface area (TPSA) is 118 Å². The minimum absolute atomic E-state index is 0.0384. The highest BCUT2D eigenvalue weighted by Crippen LogP contribution is 2.24. The molecule has 27 heavy (non-hydrogen) atoms. The van der Waals surface area contributed by atoms with Crippen LogP contribution < -0.4 is 16.4 Å². The van der Waals surface area contributed by atoms with Crippen molar-refractivity contribution < 1.29 is 23.6 Å². The van der Waals surface area contributed by atoms with Crippen molar-refractivity contribution in [3.8, 4) is 0 Å². The number of rotatable bonds is 7. The molecule has 3 atom stereocenters. The number of hydrogen-bond donors (Lipinski definition) is 3. The molecule has 2 rings (SSSR count). The monoisotopic (exact) mass is 377 g/mol. The minimum atomic E-state index is -0.980. The van der Waals surface area contributed by atoms with Gasteiger partial charge in [-0.15, -0.1) is 0 Å². The van der Waals surface area contributed by atoms with Crippen molar-refractivity contribution in [2.45, 2.75) is 51.1 Å². The Balaban J connectivity index is 2.12. The third-order valence-electron chi connectivity index (χ3n) is 4.64. The van der Waals surface area contributed by atoms with E-state index in [1.807, 2.05) is 0 Å². The average molecular weight is 377 g/mol. The Labute approximate surface area is 156 Å². The van der Waals surface area contributed by atoms with Gasteiger partial charge in [-0.1, -0.05) is 12.1 Å². The maximum absolute atomic E-state index is 13.1. The lowest BCUT2D eigenvalue weighted by Crippen LogP contribution is -2.56. The van der Waals surface area contributed by atoms with E-state index in [0.29, 0.717) is 24.8 Å². The first-order chi connectivity index (χ1) is 12.8. The smallest absolute Gasteiger partial charge is 0.243 e. The molecule has 8 heteroatoms. The number of carbonyl (C=O) groups excluding carboxylic acids is 4. The van der Waals surface area contributed by atoms with Crippen molar-refractivity contribution in [2.24, 2.45) is 11.7 Å². The summed E-state index contributed by atoms with van der Waals surface area (Å²) in [6.07, 6.45) is 2.04. The summed E-state index contributed by atoms with van der Waals surface area (Å²) in [5.74, 6) is -2.42. The van der Waals surface area contributed by atoms with Gasteiger partial charge in [-0.05, 0) is 36.5 Å². The van der Waals surface area contributed by atoms with Crippen LogP contribution in [0.4, 0.5) is 4.39 Å². The fraction of sp³-hybridized carbons (Fsp3) is 0.474. The predicted octanol–water partition coefficient (Wildman–Crippen LogP) is 0.602. The number of Topliss-reactive ketones (excluding diaryl/α,β-unsaturated/α-hetero) is 1. The zero-order valence-corrected chi connectivity index (χ0v) is 15.2. The Kier molecular flexibility index (Phi) is 7.04. The number of ketones is 1. The molecular weight excluding hydrogens is 353 g/mol. The Morgan fingerprint density at radius 1 is 1.22 bits per heavy atom. The van der Waals surface area contributed by atoms with Crippen LogP contribution in [0, 0.1) is 11.7 Å².